The van der Waals surface area contributed by atoms with Crippen molar-refractivity contribution in [2.24, 2.45) is 5.73 Å². The number of carbonyl (C=O) groups is 2. The second-order valence-corrected chi connectivity index (χ2v) is 5.80. The summed E-state index contributed by atoms with van der Waals surface area (Å²) in [6.45, 7) is 1.38. The third kappa shape index (κ3) is 4.68. The quantitative estimate of drug-likeness (QED) is 0.856. The maximum absolute atomic E-state index is 12.0. The summed E-state index contributed by atoms with van der Waals surface area (Å²) < 4.78 is 5.81. The molecule has 1 aliphatic heterocycles. The zero-order valence-corrected chi connectivity index (χ0v) is 13.4. The van der Waals surface area contributed by atoms with Gasteiger partial charge in [0.25, 0.3) is 0 Å². The molecule has 1 aliphatic rings. The number of likely N-dealkylation sites (tertiary alicyclic amines) is 1. The number of nitrogens with zero attached hydrogens (tertiary/aromatic N) is 1. The van der Waals surface area contributed by atoms with E-state index in [-0.39, 0.29) is 25.0 Å². The second-order valence-electron chi connectivity index (χ2n) is 4.99. The Morgan fingerprint density at radius 2 is 2.14 bits per heavy atom. The largest absolute Gasteiger partial charge is 0.488 e. The van der Waals surface area contributed by atoms with Gasteiger partial charge in [0.2, 0.25) is 5.91 Å². The Balaban J connectivity index is 1.80. The van der Waals surface area contributed by atoms with Gasteiger partial charge >= 0.3 is 6.03 Å². The van der Waals surface area contributed by atoms with E-state index in [1.807, 2.05) is 0 Å². The summed E-state index contributed by atoms with van der Waals surface area (Å²) in [7, 11) is 0. The molecule has 1 fully saturated rings. The van der Waals surface area contributed by atoms with Gasteiger partial charge in [0.15, 0.2) is 0 Å². The summed E-state index contributed by atoms with van der Waals surface area (Å²) in [5, 5.41) is 3.30. The number of benzene rings is 1. The summed E-state index contributed by atoms with van der Waals surface area (Å²) in [6.07, 6.45) is 0.891. The molecule has 22 heavy (non-hydrogen) atoms. The van der Waals surface area contributed by atoms with E-state index < -0.39 is 6.03 Å². The number of urea groups is 1. The van der Waals surface area contributed by atoms with Crippen LogP contribution < -0.4 is 15.8 Å². The van der Waals surface area contributed by atoms with Crippen LogP contribution in [0.25, 0.3) is 0 Å². The Hall–Kier alpha value is -1.66. The molecule has 8 heteroatoms. The van der Waals surface area contributed by atoms with Crippen LogP contribution in [0, 0.1) is 0 Å². The first-order valence-electron chi connectivity index (χ1n) is 6.88. The van der Waals surface area contributed by atoms with Crippen LogP contribution in [0.3, 0.4) is 0 Å². The first-order chi connectivity index (χ1) is 10.5. The molecule has 0 spiro atoms. The molecular weight excluding hydrogens is 329 g/mol. The third-order valence-electron chi connectivity index (χ3n) is 3.33. The first kappa shape index (κ1) is 16.7. The van der Waals surface area contributed by atoms with Gasteiger partial charge in [-0.05, 0) is 12.1 Å². The van der Waals surface area contributed by atoms with E-state index in [1.165, 1.54) is 0 Å². The Kier molecular flexibility index (Phi) is 5.74. The number of primary amides is 1. The molecule has 120 valence electrons. The predicted molar refractivity (Wildman–Crippen MR) is 84.3 cm³/mol. The topological polar surface area (TPSA) is 84.7 Å². The SMILES string of the molecule is NC(=O)NCCC(=O)N1CC[C@@H](Oc2ccc(Cl)c(Cl)c2)C1. The van der Waals surface area contributed by atoms with Crippen LogP contribution in [0.2, 0.25) is 10.0 Å². The molecule has 0 aliphatic carbocycles. The molecule has 2 rings (SSSR count). The van der Waals surface area contributed by atoms with Crippen LogP contribution in [-0.2, 0) is 4.79 Å². The fourth-order valence-corrected chi connectivity index (χ4v) is 2.53. The zero-order valence-electron chi connectivity index (χ0n) is 11.9. The van der Waals surface area contributed by atoms with Gasteiger partial charge in [-0.25, -0.2) is 4.79 Å². The summed E-state index contributed by atoms with van der Waals surface area (Å²) in [4.78, 5) is 24.2. The smallest absolute Gasteiger partial charge is 0.312 e. The van der Waals surface area contributed by atoms with Crippen LogP contribution in [0.1, 0.15) is 12.8 Å². The van der Waals surface area contributed by atoms with Gasteiger partial charge in [-0.3, -0.25) is 4.79 Å². The summed E-state index contributed by atoms with van der Waals surface area (Å²) >= 11 is 11.8. The molecule has 0 saturated carbocycles. The minimum Gasteiger partial charge on any atom is -0.488 e. The fraction of sp³-hybridized carbons (Fsp3) is 0.429. The maximum atomic E-state index is 12.0. The van der Waals surface area contributed by atoms with Crippen LogP contribution in [-0.4, -0.2) is 42.6 Å². The Bertz CT molecular complexity index is 568. The normalized spacial score (nSPS) is 17.4. The molecule has 1 heterocycles. The molecule has 6 nitrogen and oxygen atoms in total. The van der Waals surface area contributed by atoms with E-state index in [0.717, 1.165) is 6.42 Å². The van der Waals surface area contributed by atoms with E-state index in [2.05, 4.69) is 5.32 Å². The monoisotopic (exact) mass is 345 g/mol. The highest BCUT2D eigenvalue weighted by Gasteiger charge is 2.27. The Morgan fingerprint density at radius 1 is 1.36 bits per heavy atom. The minimum absolute atomic E-state index is 0.0333. The van der Waals surface area contributed by atoms with E-state index in [1.54, 1.807) is 23.1 Å². The minimum atomic E-state index is -0.630. The molecule has 1 aromatic rings. The van der Waals surface area contributed by atoms with E-state index in [0.29, 0.717) is 28.9 Å². The number of nitrogens with two attached hydrogens (primary N) is 1. The second kappa shape index (κ2) is 7.56. The van der Waals surface area contributed by atoms with Crippen LogP contribution in [0.15, 0.2) is 18.2 Å². The van der Waals surface area contributed by atoms with Crippen LogP contribution >= 0.6 is 23.2 Å². The number of hydrogen-bond acceptors (Lipinski definition) is 3. The number of halogens is 2. The lowest BCUT2D eigenvalue weighted by molar-refractivity contribution is -0.130. The lowest BCUT2D eigenvalue weighted by atomic mass is 10.3. The van der Waals surface area contributed by atoms with Gasteiger partial charge in [0.1, 0.15) is 11.9 Å². The van der Waals surface area contributed by atoms with Crippen molar-refractivity contribution in [3.05, 3.63) is 28.2 Å². The Morgan fingerprint density at radius 3 is 2.82 bits per heavy atom. The van der Waals surface area contributed by atoms with Crippen molar-refractivity contribution in [3.63, 3.8) is 0 Å². The standard InChI is InChI=1S/C14H17Cl2N3O3/c15-11-2-1-9(7-12(11)16)22-10-4-6-19(8-10)13(20)3-5-18-14(17)21/h1-2,7,10H,3-6,8H2,(H3,17,18,21)/t10-/m1/s1. The third-order valence-corrected chi connectivity index (χ3v) is 4.07. The van der Waals surface area contributed by atoms with E-state index in [9.17, 15) is 9.59 Å². The lowest BCUT2D eigenvalue weighted by Gasteiger charge is -2.17. The fourth-order valence-electron chi connectivity index (χ4n) is 2.24. The highest BCUT2D eigenvalue weighted by atomic mass is 35.5. The van der Waals surface area contributed by atoms with Crippen LogP contribution in [0.4, 0.5) is 4.79 Å². The van der Waals surface area contributed by atoms with Crippen molar-refractivity contribution in [3.8, 4) is 5.75 Å². The molecular formula is C14H17Cl2N3O3. The van der Waals surface area contributed by atoms with Gasteiger partial charge in [-0.2, -0.15) is 0 Å². The van der Waals surface area contributed by atoms with Crippen molar-refractivity contribution < 1.29 is 14.3 Å². The number of nitrogens with one attached hydrogen (secondary N) is 1. The Labute approximate surface area is 138 Å². The van der Waals surface area contributed by atoms with Crippen molar-refractivity contribution in [1.82, 2.24) is 10.2 Å². The predicted octanol–water partition coefficient (Wildman–Crippen LogP) is 2.03. The molecule has 0 unspecified atom stereocenters. The van der Waals surface area contributed by atoms with Crippen molar-refractivity contribution in [1.29, 1.82) is 0 Å². The number of amides is 3. The molecule has 1 saturated heterocycles. The highest BCUT2D eigenvalue weighted by molar-refractivity contribution is 6.42. The molecule has 3 N–H and O–H groups in total. The molecule has 1 aromatic carbocycles. The van der Waals surface area contributed by atoms with Gasteiger partial charge < -0.3 is 20.7 Å². The molecule has 0 radical (unpaired) electrons. The average molecular weight is 346 g/mol. The summed E-state index contributed by atoms with van der Waals surface area (Å²) in [5.41, 5.74) is 4.95. The lowest BCUT2D eigenvalue weighted by Crippen LogP contribution is -2.36. The summed E-state index contributed by atoms with van der Waals surface area (Å²) in [6, 6.07) is 4.45. The van der Waals surface area contributed by atoms with Crippen molar-refractivity contribution in [2.45, 2.75) is 18.9 Å². The van der Waals surface area contributed by atoms with Crippen molar-refractivity contribution >= 4 is 35.1 Å². The summed E-state index contributed by atoms with van der Waals surface area (Å²) in [5.74, 6) is 0.595. The maximum Gasteiger partial charge on any atom is 0.312 e. The van der Waals surface area contributed by atoms with Gasteiger partial charge in [0.05, 0.1) is 16.6 Å². The number of rotatable bonds is 5. The van der Waals surface area contributed by atoms with Gasteiger partial charge in [0, 0.05) is 32.0 Å². The number of hydrogen-bond donors (Lipinski definition) is 2. The first-order valence-corrected chi connectivity index (χ1v) is 7.64. The average Bonchev–Trinajstić information content (AvgIpc) is 2.91. The highest BCUT2D eigenvalue weighted by Crippen LogP contribution is 2.28. The molecule has 1 atom stereocenters. The van der Waals surface area contributed by atoms with E-state index in [4.69, 9.17) is 33.7 Å². The number of carbonyl (C=O) groups excluding carboxylic acids is 2. The van der Waals surface area contributed by atoms with Crippen LogP contribution in [0.5, 0.6) is 5.75 Å². The molecule has 3 amide bonds. The van der Waals surface area contributed by atoms with Gasteiger partial charge in [-0.15, -0.1) is 0 Å². The van der Waals surface area contributed by atoms with Crippen molar-refractivity contribution in [2.75, 3.05) is 19.6 Å². The molecule has 0 bridgehead atoms. The zero-order chi connectivity index (χ0) is 16.1. The van der Waals surface area contributed by atoms with E-state index >= 15 is 0 Å². The number of ether oxygens (including phenoxy) is 1. The van der Waals surface area contributed by atoms with Gasteiger partial charge in [-0.1, -0.05) is 23.2 Å². The molecule has 0 aromatic heterocycles.